The maximum atomic E-state index is 10.2. The molecule has 6 heteroatoms. The number of rotatable bonds is 4. The number of carboxylic acid groups (broad SMARTS) is 1. The summed E-state index contributed by atoms with van der Waals surface area (Å²) >= 11 is 0. The highest BCUT2D eigenvalue weighted by molar-refractivity contribution is 5.72. The van der Waals surface area contributed by atoms with Gasteiger partial charge < -0.3 is 15.5 Å². The van der Waals surface area contributed by atoms with Gasteiger partial charge in [0.1, 0.15) is 5.82 Å². The van der Waals surface area contributed by atoms with Gasteiger partial charge in [0.05, 0.1) is 6.54 Å². The molecule has 0 fully saturated rings. The maximum absolute atomic E-state index is 10.2. The fourth-order valence-corrected chi connectivity index (χ4v) is 0.798. The third-order valence-electron chi connectivity index (χ3n) is 1.48. The number of nitrogens with one attached hydrogen (secondary N) is 1. The minimum absolute atomic E-state index is 0.0493. The first-order valence-electron chi connectivity index (χ1n) is 3.74. The highest BCUT2D eigenvalue weighted by Crippen LogP contribution is 2.00. The minimum Gasteiger partial charge on any atom is -0.479 e. The Kier molecular flexibility index (Phi) is 2.86. The lowest BCUT2D eigenvalue weighted by atomic mass is 10.3. The van der Waals surface area contributed by atoms with E-state index in [1.165, 1.54) is 0 Å². The lowest BCUT2D eigenvalue weighted by Crippen LogP contribution is -2.28. The molecule has 1 heterocycles. The van der Waals surface area contributed by atoms with Crippen molar-refractivity contribution in [3.63, 3.8) is 0 Å². The summed E-state index contributed by atoms with van der Waals surface area (Å²) in [7, 11) is 1.75. The van der Waals surface area contributed by atoms with Crippen LogP contribution in [0.4, 0.5) is 5.82 Å². The van der Waals surface area contributed by atoms with Crippen LogP contribution < -0.4 is 5.32 Å². The van der Waals surface area contributed by atoms with Gasteiger partial charge in [-0.1, -0.05) is 0 Å². The molecule has 1 rings (SSSR count). The van der Waals surface area contributed by atoms with Crippen molar-refractivity contribution in [2.45, 2.75) is 6.10 Å². The van der Waals surface area contributed by atoms with Crippen LogP contribution >= 0.6 is 0 Å². The molecule has 0 saturated carbocycles. The molecule has 6 nitrogen and oxygen atoms in total. The van der Waals surface area contributed by atoms with Gasteiger partial charge in [-0.3, -0.25) is 4.68 Å². The molecule has 0 aliphatic carbocycles. The molecule has 0 spiro atoms. The summed E-state index contributed by atoms with van der Waals surface area (Å²) in [6, 6.07) is 1.69. The lowest BCUT2D eigenvalue weighted by molar-refractivity contribution is -0.145. The van der Waals surface area contributed by atoms with E-state index in [-0.39, 0.29) is 6.54 Å². The fraction of sp³-hybridized carbons (Fsp3) is 0.429. The fourth-order valence-electron chi connectivity index (χ4n) is 0.798. The van der Waals surface area contributed by atoms with Crippen molar-refractivity contribution in [1.82, 2.24) is 9.78 Å². The van der Waals surface area contributed by atoms with Crippen LogP contribution in [0.3, 0.4) is 0 Å². The minimum atomic E-state index is -1.40. The summed E-state index contributed by atoms with van der Waals surface area (Å²) in [4.78, 5) is 10.2. The number of aliphatic hydroxyl groups excluding tert-OH is 1. The van der Waals surface area contributed by atoms with Gasteiger partial charge >= 0.3 is 5.97 Å². The second-order valence-corrected chi connectivity index (χ2v) is 2.61. The molecular formula is C7H11N3O3. The number of anilines is 1. The van der Waals surface area contributed by atoms with Crippen LogP contribution in [-0.2, 0) is 11.8 Å². The van der Waals surface area contributed by atoms with Crippen molar-refractivity contribution in [1.29, 1.82) is 0 Å². The van der Waals surface area contributed by atoms with E-state index in [9.17, 15) is 4.79 Å². The molecule has 1 aromatic rings. The number of aliphatic carboxylic acids is 1. The lowest BCUT2D eigenvalue weighted by Gasteiger charge is -2.05. The zero-order valence-corrected chi connectivity index (χ0v) is 7.14. The molecule has 0 aromatic carbocycles. The van der Waals surface area contributed by atoms with Gasteiger partial charge in [0.2, 0.25) is 0 Å². The molecule has 3 N–H and O–H groups in total. The van der Waals surface area contributed by atoms with Crippen molar-refractivity contribution in [3.05, 3.63) is 12.3 Å². The average Bonchev–Trinajstić information content (AvgIpc) is 2.47. The summed E-state index contributed by atoms with van der Waals surface area (Å²) in [5, 5.41) is 23.9. The van der Waals surface area contributed by atoms with E-state index in [1.54, 1.807) is 24.0 Å². The van der Waals surface area contributed by atoms with Crippen LogP contribution in [0.2, 0.25) is 0 Å². The van der Waals surface area contributed by atoms with Crippen molar-refractivity contribution in [2.75, 3.05) is 11.9 Å². The Hall–Kier alpha value is -1.56. The van der Waals surface area contributed by atoms with E-state index < -0.39 is 12.1 Å². The Morgan fingerprint density at radius 2 is 2.54 bits per heavy atom. The summed E-state index contributed by atoms with van der Waals surface area (Å²) < 4.78 is 1.58. The van der Waals surface area contributed by atoms with Crippen molar-refractivity contribution >= 4 is 11.8 Å². The van der Waals surface area contributed by atoms with E-state index >= 15 is 0 Å². The van der Waals surface area contributed by atoms with Crippen LogP contribution in [0.5, 0.6) is 0 Å². The molecule has 72 valence electrons. The number of carbonyl (C=O) groups is 1. The first-order chi connectivity index (χ1) is 6.09. The molecule has 1 unspecified atom stereocenters. The number of carboxylic acids is 1. The molecule has 0 aliphatic heterocycles. The number of nitrogens with zero attached hydrogens (tertiary/aromatic N) is 2. The van der Waals surface area contributed by atoms with Gasteiger partial charge in [-0.15, -0.1) is 0 Å². The summed E-state index contributed by atoms with van der Waals surface area (Å²) in [6.45, 7) is -0.0493. The molecule has 0 aliphatic rings. The van der Waals surface area contributed by atoms with Gasteiger partial charge in [0.15, 0.2) is 6.10 Å². The Balaban J connectivity index is 2.39. The Bertz CT molecular complexity index is 297. The predicted octanol–water partition coefficient (Wildman–Crippen LogP) is -0.723. The van der Waals surface area contributed by atoms with E-state index in [0.29, 0.717) is 5.82 Å². The molecule has 0 saturated heterocycles. The zero-order chi connectivity index (χ0) is 9.84. The maximum Gasteiger partial charge on any atom is 0.334 e. The molecule has 13 heavy (non-hydrogen) atoms. The predicted molar refractivity (Wildman–Crippen MR) is 45.3 cm³/mol. The van der Waals surface area contributed by atoms with Gasteiger partial charge in [0.25, 0.3) is 0 Å². The highest BCUT2D eigenvalue weighted by atomic mass is 16.4. The molecule has 0 radical (unpaired) electrons. The average molecular weight is 185 g/mol. The third kappa shape index (κ3) is 2.75. The summed E-state index contributed by atoms with van der Waals surface area (Å²) in [6.07, 6.45) is 0.317. The second-order valence-electron chi connectivity index (χ2n) is 2.61. The van der Waals surface area contributed by atoms with E-state index in [0.717, 1.165) is 0 Å². The van der Waals surface area contributed by atoms with Crippen LogP contribution in [0.25, 0.3) is 0 Å². The Morgan fingerprint density at radius 3 is 3.00 bits per heavy atom. The molecule has 0 amide bonds. The normalized spacial score (nSPS) is 12.5. The van der Waals surface area contributed by atoms with Crippen LogP contribution in [0.1, 0.15) is 0 Å². The van der Waals surface area contributed by atoms with Gasteiger partial charge in [-0.2, -0.15) is 5.10 Å². The van der Waals surface area contributed by atoms with Gasteiger partial charge in [-0.05, 0) is 0 Å². The number of aliphatic hydroxyl groups is 1. The number of aromatic nitrogens is 2. The molecule has 1 atom stereocenters. The highest BCUT2D eigenvalue weighted by Gasteiger charge is 2.12. The zero-order valence-electron chi connectivity index (χ0n) is 7.14. The Labute approximate surface area is 74.8 Å². The number of aryl methyl sites for hydroxylation is 1. The topological polar surface area (TPSA) is 87.4 Å². The standard InChI is InChI=1S/C7H11N3O3/c1-10-3-2-6(9-10)8-4-5(11)7(12)13/h2-3,5,11H,4H2,1H3,(H,8,9)(H,12,13). The van der Waals surface area contributed by atoms with Crippen LogP contribution in [-0.4, -0.2) is 38.6 Å². The SMILES string of the molecule is Cn1ccc(NCC(O)C(=O)O)n1. The van der Waals surface area contributed by atoms with Crippen molar-refractivity contribution < 1.29 is 15.0 Å². The van der Waals surface area contributed by atoms with E-state index in [4.69, 9.17) is 10.2 Å². The number of hydrogen-bond acceptors (Lipinski definition) is 4. The molecule has 0 bridgehead atoms. The molecule has 1 aromatic heterocycles. The summed E-state index contributed by atoms with van der Waals surface area (Å²) in [5.41, 5.74) is 0. The quantitative estimate of drug-likeness (QED) is 0.576. The Morgan fingerprint density at radius 1 is 1.85 bits per heavy atom. The summed E-state index contributed by atoms with van der Waals surface area (Å²) in [5.74, 6) is -0.703. The first-order valence-corrected chi connectivity index (χ1v) is 3.74. The largest absolute Gasteiger partial charge is 0.479 e. The van der Waals surface area contributed by atoms with E-state index in [2.05, 4.69) is 10.4 Å². The molecular weight excluding hydrogens is 174 g/mol. The van der Waals surface area contributed by atoms with Gasteiger partial charge in [0, 0.05) is 19.3 Å². The second kappa shape index (κ2) is 3.90. The monoisotopic (exact) mass is 185 g/mol. The van der Waals surface area contributed by atoms with Crippen LogP contribution in [0.15, 0.2) is 12.3 Å². The number of hydrogen-bond donors (Lipinski definition) is 3. The third-order valence-corrected chi connectivity index (χ3v) is 1.48. The van der Waals surface area contributed by atoms with Gasteiger partial charge in [-0.25, -0.2) is 4.79 Å². The van der Waals surface area contributed by atoms with E-state index in [1.807, 2.05) is 0 Å². The van der Waals surface area contributed by atoms with Crippen LogP contribution in [0, 0.1) is 0 Å². The smallest absolute Gasteiger partial charge is 0.334 e. The first kappa shape index (κ1) is 9.53. The van der Waals surface area contributed by atoms with Crippen molar-refractivity contribution in [3.8, 4) is 0 Å². The van der Waals surface area contributed by atoms with Crippen molar-refractivity contribution in [2.24, 2.45) is 7.05 Å².